The monoisotopic (exact) mass is 439 g/mol. The first-order valence-electron chi connectivity index (χ1n) is 9.98. The molecule has 1 unspecified atom stereocenters. The lowest BCUT2D eigenvalue weighted by atomic mass is 10.1. The summed E-state index contributed by atoms with van der Waals surface area (Å²) in [5, 5.41) is 10.5. The van der Waals surface area contributed by atoms with Gasteiger partial charge in [0, 0.05) is 12.0 Å². The van der Waals surface area contributed by atoms with E-state index in [0.717, 1.165) is 0 Å². The number of anilines is 1. The van der Waals surface area contributed by atoms with E-state index >= 15 is 0 Å². The van der Waals surface area contributed by atoms with Gasteiger partial charge in [0.2, 0.25) is 0 Å². The van der Waals surface area contributed by atoms with Crippen molar-refractivity contribution in [2.24, 2.45) is 0 Å². The molecule has 7 heteroatoms. The maximum Gasteiger partial charge on any atom is 0.264 e. The lowest BCUT2D eigenvalue weighted by Crippen LogP contribution is -2.39. The molecule has 0 aliphatic carbocycles. The number of hydrogen-bond donors (Lipinski definition) is 1. The number of ether oxygens (including phenoxy) is 1. The van der Waals surface area contributed by atoms with Crippen molar-refractivity contribution >= 4 is 21.5 Å². The standard InChI is InChI=1S/C24H25NO5S/c1-2-24(27)19-13-15-22(16-14-19)30-18-21(26)17-25(20-9-5-3-6-10-20)31(28,29)23-11-7-4-8-12-23/h3-16,21,26H,2,17-18H2,1H3. The second kappa shape index (κ2) is 10.2. The van der Waals surface area contributed by atoms with Crippen LogP contribution in [0.15, 0.2) is 89.8 Å². The molecule has 6 nitrogen and oxygen atoms in total. The fourth-order valence-electron chi connectivity index (χ4n) is 3.03. The summed E-state index contributed by atoms with van der Waals surface area (Å²) in [5.74, 6) is 0.528. The van der Waals surface area contributed by atoms with Gasteiger partial charge in [-0.3, -0.25) is 9.10 Å². The smallest absolute Gasteiger partial charge is 0.264 e. The zero-order chi connectivity index (χ0) is 22.3. The molecule has 0 aliphatic heterocycles. The van der Waals surface area contributed by atoms with Gasteiger partial charge in [0.25, 0.3) is 10.0 Å². The Bertz CT molecular complexity index is 1080. The molecule has 0 heterocycles. The summed E-state index contributed by atoms with van der Waals surface area (Å²) < 4.78 is 33.2. The van der Waals surface area contributed by atoms with E-state index in [2.05, 4.69) is 0 Å². The number of rotatable bonds is 10. The molecule has 0 amide bonds. The van der Waals surface area contributed by atoms with Crippen LogP contribution >= 0.6 is 0 Å². The van der Waals surface area contributed by atoms with Gasteiger partial charge in [-0.05, 0) is 48.5 Å². The molecule has 3 aromatic rings. The highest BCUT2D eigenvalue weighted by Gasteiger charge is 2.27. The van der Waals surface area contributed by atoms with Gasteiger partial charge >= 0.3 is 0 Å². The van der Waals surface area contributed by atoms with E-state index in [1.807, 2.05) is 0 Å². The van der Waals surface area contributed by atoms with E-state index in [4.69, 9.17) is 4.74 Å². The Morgan fingerprint density at radius 3 is 2.10 bits per heavy atom. The third-order valence-corrected chi connectivity index (χ3v) is 6.50. The van der Waals surface area contributed by atoms with E-state index in [0.29, 0.717) is 23.4 Å². The van der Waals surface area contributed by atoms with Crippen molar-refractivity contribution in [1.29, 1.82) is 0 Å². The minimum absolute atomic E-state index is 0.0382. The number of carbonyl (C=O) groups excluding carboxylic acids is 1. The van der Waals surface area contributed by atoms with Crippen LogP contribution in [-0.4, -0.2) is 38.6 Å². The quantitative estimate of drug-likeness (QED) is 0.484. The molecule has 1 atom stereocenters. The van der Waals surface area contributed by atoms with Crippen LogP contribution in [0.2, 0.25) is 0 Å². The summed E-state index contributed by atoms with van der Waals surface area (Å²) in [5.41, 5.74) is 1.05. The molecule has 0 aliphatic rings. The second-order valence-electron chi connectivity index (χ2n) is 6.95. The first kappa shape index (κ1) is 22.5. The number of para-hydroxylation sites is 1. The van der Waals surface area contributed by atoms with Crippen LogP contribution < -0.4 is 9.04 Å². The minimum Gasteiger partial charge on any atom is -0.491 e. The number of Topliss-reactive ketones (excluding diaryl/α,β-unsaturated/α-hetero) is 1. The Morgan fingerprint density at radius 1 is 0.935 bits per heavy atom. The van der Waals surface area contributed by atoms with Crippen molar-refractivity contribution in [2.45, 2.75) is 24.3 Å². The topological polar surface area (TPSA) is 83.9 Å². The van der Waals surface area contributed by atoms with E-state index in [1.165, 1.54) is 16.4 Å². The molecule has 3 aromatic carbocycles. The van der Waals surface area contributed by atoms with Crippen LogP contribution in [0.4, 0.5) is 5.69 Å². The van der Waals surface area contributed by atoms with Gasteiger partial charge in [0.05, 0.1) is 17.1 Å². The Labute approximate surface area is 182 Å². The van der Waals surface area contributed by atoms with Crippen molar-refractivity contribution < 1.29 is 23.1 Å². The van der Waals surface area contributed by atoms with E-state index < -0.39 is 16.1 Å². The number of ketones is 1. The normalized spacial score (nSPS) is 12.2. The fraction of sp³-hybridized carbons (Fsp3) is 0.208. The van der Waals surface area contributed by atoms with Gasteiger partial charge in [-0.1, -0.05) is 43.3 Å². The Balaban J connectivity index is 1.73. The van der Waals surface area contributed by atoms with Crippen LogP contribution in [-0.2, 0) is 10.0 Å². The first-order chi connectivity index (χ1) is 14.9. The Morgan fingerprint density at radius 2 is 1.52 bits per heavy atom. The van der Waals surface area contributed by atoms with Crippen LogP contribution in [0.5, 0.6) is 5.75 Å². The van der Waals surface area contributed by atoms with Crippen molar-refractivity contribution in [1.82, 2.24) is 0 Å². The summed E-state index contributed by atoms with van der Waals surface area (Å²) in [6, 6.07) is 23.4. The molecule has 0 radical (unpaired) electrons. The molecule has 162 valence electrons. The van der Waals surface area contributed by atoms with Crippen LogP contribution in [0.3, 0.4) is 0 Å². The average molecular weight is 440 g/mol. The van der Waals surface area contributed by atoms with Crippen LogP contribution in [0.25, 0.3) is 0 Å². The largest absolute Gasteiger partial charge is 0.491 e. The molecule has 0 aromatic heterocycles. The molecular weight excluding hydrogens is 414 g/mol. The zero-order valence-electron chi connectivity index (χ0n) is 17.2. The molecule has 0 fully saturated rings. The van der Waals surface area contributed by atoms with Gasteiger partial charge in [0.15, 0.2) is 5.78 Å². The highest BCUT2D eigenvalue weighted by atomic mass is 32.2. The maximum absolute atomic E-state index is 13.2. The van der Waals surface area contributed by atoms with Gasteiger partial charge in [-0.25, -0.2) is 8.42 Å². The van der Waals surface area contributed by atoms with E-state index in [9.17, 15) is 18.3 Å². The van der Waals surface area contributed by atoms with Crippen molar-refractivity contribution in [3.63, 3.8) is 0 Å². The Kier molecular flexibility index (Phi) is 7.44. The van der Waals surface area contributed by atoms with Gasteiger partial charge in [-0.2, -0.15) is 0 Å². The van der Waals surface area contributed by atoms with E-state index in [-0.39, 0.29) is 23.8 Å². The fourth-order valence-corrected chi connectivity index (χ4v) is 4.56. The molecule has 3 rings (SSSR count). The number of aliphatic hydroxyl groups excluding tert-OH is 1. The number of carbonyl (C=O) groups is 1. The number of nitrogens with zero attached hydrogens (tertiary/aromatic N) is 1. The van der Waals surface area contributed by atoms with Crippen LogP contribution in [0, 0.1) is 0 Å². The molecule has 0 saturated carbocycles. The first-order valence-corrected chi connectivity index (χ1v) is 11.4. The summed E-state index contributed by atoms with van der Waals surface area (Å²) in [6.07, 6.45) is -0.653. The van der Waals surface area contributed by atoms with Gasteiger partial charge < -0.3 is 9.84 Å². The molecule has 0 bridgehead atoms. The second-order valence-corrected chi connectivity index (χ2v) is 8.81. The molecule has 1 N–H and O–H groups in total. The van der Waals surface area contributed by atoms with Crippen molar-refractivity contribution in [2.75, 3.05) is 17.5 Å². The molecule has 0 spiro atoms. The minimum atomic E-state index is -3.87. The van der Waals surface area contributed by atoms with Gasteiger partial charge in [-0.15, -0.1) is 0 Å². The lowest BCUT2D eigenvalue weighted by molar-refractivity contribution is 0.0987. The number of aliphatic hydroxyl groups is 1. The highest BCUT2D eigenvalue weighted by Crippen LogP contribution is 2.24. The number of hydrogen-bond acceptors (Lipinski definition) is 5. The lowest BCUT2D eigenvalue weighted by Gasteiger charge is -2.27. The maximum atomic E-state index is 13.2. The number of sulfonamides is 1. The summed E-state index contributed by atoms with van der Waals surface area (Å²) in [4.78, 5) is 11.9. The predicted octanol–water partition coefficient (Wildman–Crippen LogP) is 3.91. The predicted molar refractivity (Wildman–Crippen MR) is 120 cm³/mol. The average Bonchev–Trinajstić information content (AvgIpc) is 2.82. The third-order valence-electron chi connectivity index (χ3n) is 4.69. The summed E-state index contributed by atoms with van der Waals surface area (Å²) in [6.45, 7) is 1.52. The highest BCUT2D eigenvalue weighted by molar-refractivity contribution is 7.92. The summed E-state index contributed by atoms with van der Waals surface area (Å²) >= 11 is 0. The molecular formula is C24H25NO5S. The third kappa shape index (κ3) is 5.71. The van der Waals surface area contributed by atoms with E-state index in [1.54, 1.807) is 79.7 Å². The van der Waals surface area contributed by atoms with Crippen molar-refractivity contribution in [3.8, 4) is 5.75 Å². The summed E-state index contributed by atoms with van der Waals surface area (Å²) in [7, 11) is -3.87. The number of benzene rings is 3. The van der Waals surface area contributed by atoms with Gasteiger partial charge in [0.1, 0.15) is 18.5 Å². The molecule has 31 heavy (non-hydrogen) atoms. The SMILES string of the molecule is CCC(=O)c1ccc(OCC(O)CN(c2ccccc2)S(=O)(=O)c2ccccc2)cc1. The zero-order valence-corrected chi connectivity index (χ0v) is 18.0. The molecule has 0 saturated heterocycles. The Hall–Kier alpha value is -3.16. The van der Waals surface area contributed by atoms with Crippen LogP contribution in [0.1, 0.15) is 23.7 Å². The van der Waals surface area contributed by atoms with Crippen molar-refractivity contribution in [3.05, 3.63) is 90.5 Å².